The lowest BCUT2D eigenvalue weighted by molar-refractivity contribution is -0.137. The molecule has 0 saturated heterocycles. The number of rotatable bonds is 3. The first-order valence-electron chi connectivity index (χ1n) is 6.92. The maximum atomic E-state index is 13.3. The minimum Gasteiger partial charge on any atom is -0.383 e. The fraction of sp³-hybridized carbons (Fsp3) is 0.188. The highest BCUT2D eigenvalue weighted by Crippen LogP contribution is 2.41. The Bertz CT molecular complexity index is 919. The Morgan fingerprint density at radius 1 is 1.20 bits per heavy atom. The van der Waals surface area contributed by atoms with Crippen LogP contribution < -0.4 is 5.73 Å². The van der Waals surface area contributed by atoms with Crippen LogP contribution >= 0.6 is 0 Å². The number of nitriles is 2. The summed E-state index contributed by atoms with van der Waals surface area (Å²) < 4.78 is 40.0. The van der Waals surface area contributed by atoms with Crippen LogP contribution in [-0.4, -0.2) is 4.98 Å². The van der Waals surface area contributed by atoms with Crippen molar-refractivity contribution in [2.45, 2.75) is 19.6 Å². The van der Waals surface area contributed by atoms with E-state index in [4.69, 9.17) is 16.3 Å². The maximum Gasteiger partial charge on any atom is 0.420 e. The zero-order valence-corrected chi connectivity index (χ0v) is 13.0. The minimum absolute atomic E-state index is 0.0905. The summed E-state index contributed by atoms with van der Waals surface area (Å²) in [6.07, 6.45) is -4.84. The summed E-state index contributed by atoms with van der Waals surface area (Å²) >= 11 is 0. The van der Waals surface area contributed by atoms with Crippen molar-refractivity contribution in [3.05, 3.63) is 52.2 Å². The quantitative estimate of drug-likeness (QED) is 0.847. The van der Waals surface area contributed by atoms with Gasteiger partial charge in [-0.15, -0.1) is 0 Å². The molecule has 2 aromatic rings. The number of aromatic nitrogens is 1. The van der Waals surface area contributed by atoms with E-state index in [9.17, 15) is 13.2 Å². The Morgan fingerprint density at radius 3 is 2.48 bits per heavy atom. The number of anilines is 1. The summed E-state index contributed by atoms with van der Waals surface area (Å²) in [5, 5.41) is 25.3. The average molecular weight is 344 g/mol. The molecule has 1 aromatic heterocycles. The van der Waals surface area contributed by atoms with Crippen LogP contribution in [0.4, 0.5) is 24.7 Å². The number of nitrogens with two attached hydrogens (primary N) is 1. The number of hydrogen-bond donors (Lipinski definition) is 1. The molecule has 1 heterocycles. The van der Waals surface area contributed by atoms with Crippen LogP contribution in [0.3, 0.4) is 0 Å². The van der Waals surface area contributed by atoms with Gasteiger partial charge in [-0.05, 0) is 18.6 Å². The van der Waals surface area contributed by atoms with Gasteiger partial charge in [0.2, 0.25) is 0 Å². The molecule has 6 nitrogen and oxygen atoms in total. The molecule has 0 aliphatic carbocycles. The summed E-state index contributed by atoms with van der Waals surface area (Å²) in [5.74, 6) is -0.513. The van der Waals surface area contributed by atoms with E-state index in [0.29, 0.717) is 11.1 Å². The van der Waals surface area contributed by atoms with Crippen molar-refractivity contribution in [3.8, 4) is 12.1 Å². The third-order valence-electron chi connectivity index (χ3n) is 3.32. The third-order valence-corrected chi connectivity index (χ3v) is 3.32. The van der Waals surface area contributed by atoms with Crippen molar-refractivity contribution >= 4 is 11.5 Å². The Kier molecular flexibility index (Phi) is 4.99. The summed E-state index contributed by atoms with van der Waals surface area (Å²) in [6, 6.07) is 9.90. The fourth-order valence-electron chi connectivity index (χ4n) is 2.18. The van der Waals surface area contributed by atoms with Crippen LogP contribution in [0.5, 0.6) is 0 Å². The smallest absolute Gasteiger partial charge is 0.383 e. The van der Waals surface area contributed by atoms with Gasteiger partial charge in [-0.1, -0.05) is 18.2 Å². The van der Waals surface area contributed by atoms with Crippen molar-refractivity contribution in [1.29, 1.82) is 10.5 Å². The molecular weight excluding hydrogens is 333 g/mol. The second kappa shape index (κ2) is 6.97. The number of halogens is 3. The van der Waals surface area contributed by atoms with Crippen LogP contribution in [0.15, 0.2) is 34.5 Å². The summed E-state index contributed by atoms with van der Waals surface area (Å²) in [4.78, 5) is 3.73. The number of azo groups is 1. The van der Waals surface area contributed by atoms with Crippen molar-refractivity contribution in [2.75, 3.05) is 5.73 Å². The molecule has 0 bridgehead atoms. The Hall–Kier alpha value is -3.46. The normalized spacial score (nSPS) is 11.3. The molecule has 0 aliphatic rings. The first-order chi connectivity index (χ1) is 11.8. The zero-order chi connectivity index (χ0) is 18.6. The van der Waals surface area contributed by atoms with E-state index >= 15 is 0 Å². The maximum absolute atomic E-state index is 13.3. The predicted octanol–water partition coefficient (Wildman–Crippen LogP) is 4.02. The lowest BCUT2D eigenvalue weighted by Crippen LogP contribution is -2.12. The molecule has 1 aromatic carbocycles. The van der Waals surface area contributed by atoms with E-state index in [1.165, 1.54) is 13.0 Å². The van der Waals surface area contributed by atoms with E-state index in [0.717, 1.165) is 0 Å². The van der Waals surface area contributed by atoms with Crippen molar-refractivity contribution in [3.63, 3.8) is 0 Å². The molecule has 0 radical (unpaired) electrons. The number of nitrogen functional groups attached to an aromatic ring is 1. The molecule has 126 valence electrons. The van der Waals surface area contributed by atoms with Gasteiger partial charge in [-0.2, -0.15) is 33.9 Å². The van der Waals surface area contributed by atoms with Crippen LogP contribution in [0, 0.1) is 29.6 Å². The Morgan fingerprint density at radius 2 is 1.88 bits per heavy atom. The number of nitrogens with zero attached hydrogens (tertiary/aromatic N) is 5. The zero-order valence-electron chi connectivity index (χ0n) is 13.0. The molecule has 0 fully saturated rings. The van der Waals surface area contributed by atoms with Crippen LogP contribution in [0.2, 0.25) is 0 Å². The van der Waals surface area contributed by atoms with Crippen molar-refractivity contribution < 1.29 is 13.2 Å². The third kappa shape index (κ3) is 3.72. The summed E-state index contributed by atoms with van der Waals surface area (Å²) in [7, 11) is 0. The van der Waals surface area contributed by atoms with Gasteiger partial charge in [-0.3, -0.25) is 0 Å². The van der Waals surface area contributed by atoms with Gasteiger partial charge in [0, 0.05) is 0 Å². The highest BCUT2D eigenvalue weighted by Gasteiger charge is 2.39. The molecule has 0 spiro atoms. The van der Waals surface area contributed by atoms with Gasteiger partial charge < -0.3 is 5.73 Å². The van der Waals surface area contributed by atoms with Gasteiger partial charge in [-0.25, -0.2) is 4.98 Å². The van der Waals surface area contributed by atoms with Crippen LogP contribution in [0.25, 0.3) is 0 Å². The first kappa shape index (κ1) is 17.9. The van der Waals surface area contributed by atoms with Crippen molar-refractivity contribution in [2.24, 2.45) is 10.2 Å². The number of hydrogen-bond acceptors (Lipinski definition) is 6. The van der Waals surface area contributed by atoms with Crippen LogP contribution in [-0.2, 0) is 12.7 Å². The molecule has 0 saturated carbocycles. The first-order valence-corrected chi connectivity index (χ1v) is 6.92. The lowest BCUT2D eigenvalue weighted by atomic mass is 10.1. The highest BCUT2D eigenvalue weighted by atomic mass is 19.4. The fourth-order valence-corrected chi connectivity index (χ4v) is 2.18. The van der Waals surface area contributed by atoms with Crippen molar-refractivity contribution in [1.82, 2.24) is 4.98 Å². The van der Waals surface area contributed by atoms with Gasteiger partial charge in [0.1, 0.15) is 28.7 Å². The minimum atomic E-state index is -4.84. The monoisotopic (exact) mass is 344 g/mol. The van der Waals surface area contributed by atoms with E-state index in [1.54, 1.807) is 24.3 Å². The molecule has 0 aliphatic heterocycles. The second-order valence-electron chi connectivity index (χ2n) is 4.96. The molecule has 9 heteroatoms. The molecule has 25 heavy (non-hydrogen) atoms. The number of alkyl halides is 3. The Balaban J connectivity index is 2.50. The number of benzene rings is 1. The lowest BCUT2D eigenvalue weighted by Gasteiger charge is -2.14. The largest absolute Gasteiger partial charge is 0.420 e. The van der Waals surface area contributed by atoms with Gasteiger partial charge in [0.25, 0.3) is 0 Å². The van der Waals surface area contributed by atoms with Gasteiger partial charge in [0.05, 0.1) is 23.9 Å². The summed E-state index contributed by atoms with van der Waals surface area (Å²) in [5.41, 5.74) is 3.57. The average Bonchev–Trinajstić information content (AvgIpc) is 2.55. The predicted molar refractivity (Wildman–Crippen MR) is 82.5 cm³/mol. The Labute approximate surface area is 141 Å². The SMILES string of the molecule is Cc1nc(N)c(C#N)c(C(F)(F)F)c1N=NCc1ccccc1C#N. The van der Waals surface area contributed by atoms with E-state index in [1.807, 2.05) is 6.07 Å². The van der Waals surface area contributed by atoms with Gasteiger partial charge >= 0.3 is 6.18 Å². The number of aryl methyl sites for hydroxylation is 1. The van der Waals surface area contributed by atoms with Crippen LogP contribution in [0.1, 0.15) is 27.9 Å². The molecular formula is C16H11F3N6. The number of pyridine rings is 1. The molecule has 0 unspecified atom stereocenters. The van der Waals surface area contributed by atoms with E-state index < -0.39 is 28.8 Å². The van der Waals surface area contributed by atoms with E-state index in [2.05, 4.69) is 15.2 Å². The standard InChI is InChI=1S/C16H11F3N6/c1-9-14(13(16(17,18)19)12(7-21)15(22)24-9)25-23-8-11-5-3-2-4-10(11)6-20/h2-5H,8H2,1H3,(H2,22,24). The molecule has 0 atom stereocenters. The molecule has 2 N–H and O–H groups in total. The second-order valence-corrected chi connectivity index (χ2v) is 4.96. The highest BCUT2D eigenvalue weighted by molar-refractivity contribution is 5.65. The topological polar surface area (TPSA) is 111 Å². The summed E-state index contributed by atoms with van der Waals surface area (Å²) in [6.45, 7) is 1.21. The van der Waals surface area contributed by atoms with Gasteiger partial charge in [0.15, 0.2) is 0 Å². The molecule has 0 amide bonds. The van der Waals surface area contributed by atoms with E-state index in [-0.39, 0.29) is 12.2 Å². The molecule has 2 rings (SSSR count).